The van der Waals surface area contributed by atoms with E-state index in [0.717, 1.165) is 3.57 Å². The summed E-state index contributed by atoms with van der Waals surface area (Å²) in [5.41, 5.74) is 0.677. The molecule has 1 aromatic carbocycles. The minimum Gasteiger partial charge on any atom is -0.478 e. The van der Waals surface area contributed by atoms with Crippen LogP contribution in [-0.2, 0) is 9.53 Å². The molecule has 0 radical (unpaired) electrons. The fraction of sp³-hybridized carbons (Fsp3) is 0.333. The number of rotatable bonds is 3. The molecule has 0 aromatic heterocycles. The van der Waals surface area contributed by atoms with E-state index in [2.05, 4.69) is 5.32 Å². The van der Waals surface area contributed by atoms with Gasteiger partial charge in [0, 0.05) is 15.9 Å². The van der Waals surface area contributed by atoms with Gasteiger partial charge in [0.05, 0.1) is 18.1 Å². The van der Waals surface area contributed by atoms with Crippen LogP contribution in [0.25, 0.3) is 0 Å². The van der Waals surface area contributed by atoms with Crippen LogP contribution in [0, 0.1) is 9.49 Å². The number of benzene rings is 1. The third-order valence-electron chi connectivity index (χ3n) is 2.71. The SMILES string of the molecule is O=C(O)c1cc(I)cc(NC(=O)C2CCOC2)c1. The van der Waals surface area contributed by atoms with Gasteiger partial charge in [0.25, 0.3) is 0 Å². The Hall–Kier alpha value is -1.15. The first-order valence-corrected chi connectivity index (χ1v) is 6.56. The number of halogens is 1. The molecule has 18 heavy (non-hydrogen) atoms. The van der Waals surface area contributed by atoms with Gasteiger partial charge in [0.2, 0.25) is 5.91 Å². The highest BCUT2D eigenvalue weighted by molar-refractivity contribution is 14.1. The smallest absolute Gasteiger partial charge is 0.335 e. The van der Waals surface area contributed by atoms with Crippen molar-refractivity contribution in [1.82, 2.24) is 0 Å². The summed E-state index contributed by atoms with van der Waals surface area (Å²) in [6.45, 7) is 1.03. The molecule has 0 bridgehead atoms. The largest absolute Gasteiger partial charge is 0.478 e. The quantitative estimate of drug-likeness (QED) is 0.808. The topological polar surface area (TPSA) is 75.6 Å². The summed E-state index contributed by atoms with van der Waals surface area (Å²) in [4.78, 5) is 22.8. The van der Waals surface area contributed by atoms with E-state index in [4.69, 9.17) is 9.84 Å². The molecule has 1 atom stereocenters. The van der Waals surface area contributed by atoms with Gasteiger partial charge in [0.1, 0.15) is 0 Å². The molecule has 1 saturated heterocycles. The maximum absolute atomic E-state index is 11.9. The predicted molar refractivity (Wildman–Crippen MR) is 73.7 cm³/mol. The summed E-state index contributed by atoms with van der Waals surface area (Å²) in [5, 5.41) is 11.7. The molecule has 1 aromatic rings. The lowest BCUT2D eigenvalue weighted by Gasteiger charge is -2.10. The van der Waals surface area contributed by atoms with Crippen molar-refractivity contribution in [2.24, 2.45) is 5.92 Å². The maximum Gasteiger partial charge on any atom is 0.335 e. The lowest BCUT2D eigenvalue weighted by molar-refractivity contribution is -0.119. The summed E-state index contributed by atoms with van der Waals surface area (Å²) >= 11 is 2.02. The Kier molecular flexibility index (Phi) is 4.18. The molecule has 2 rings (SSSR count). The van der Waals surface area contributed by atoms with Crippen LogP contribution in [0.2, 0.25) is 0 Å². The second kappa shape index (κ2) is 5.66. The van der Waals surface area contributed by atoms with Crippen molar-refractivity contribution in [3.63, 3.8) is 0 Å². The van der Waals surface area contributed by atoms with Gasteiger partial charge >= 0.3 is 5.97 Å². The molecule has 1 aliphatic heterocycles. The predicted octanol–water partition coefficient (Wildman–Crippen LogP) is 1.96. The first-order valence-electron chi connectivity index (χ1n) is 5.49. The van der Waals surface area contributed by atoms with Crippen LogP contribution < -0.4 is 5.32 Å². The van der Waals surface area contributed by atoms with Crippen LogP contribution in [-0.4, -0.2) is 30.2 Å². The lowest BCUT2D eigenvalue weighted by Crippen LogP contribution is -2.23. The molecule has 5 nitrogen and oxygen atoms in total. The summed E-state index contributed by atoms with van der Waals surface area (Å²) in [6, 6.07) is 4.75. The van der Waals surface area contributed by atoms with Crippen LogP contribution in [0.3, 0.4) is 0 Å². The number of anilines is 1. The normalized spacial score (nSPS) is 18.6. The van der Waals surface area contributed by atoms with E-state index in [1.165, 1.54) is 6.07 Å². The average molecular weight is 361 g/mol. The van der Waals surface area contributed by atoms with E-state index in [1.807, 2.05) is 22.6 Å². The van der Waals surface area contributed by atoms with E-state index in [1.54, 1.807) is 12.1 Å². The van der Waals surface area contributed by atoms with Gasteiger partial charge in [-0.25, -0.2) is 4.79 Å². The number of nitrogens with one attached hydrogen (secondary N) is 1. The van der Waals surface area contributed by atoms with Crippen molar-refractivity contribution < 1.29 is 19.4 Å². The van der Waals surface area contributed by atoms with E-state index in [-0.39, 0.29) is 17.4 Å². The zero-order valence-corrected chi connectivity index (χ0v) is 11.6. The number of ether oxygens (including phenoxy) is 1. The number of amides is 1. The number of carbonyl (C=O) groups excluding carboxylic acids is 1. The third kappa shape index (κ3) is 3.20. The molecule has 1 heterocycles. The monoisotopic (exact) mass is 361 g/mol. The molecule has 96 valence electrons. The van der Waals surface area contributed by atoms with Crippen molar-refractivity contribution in [2.75, 3.05) is 18.5 Å². The Labute approximate surface area is 118 Å². The zero-order chi connectivity index (χ0) is 13.1. The fourth-order valence-electron chi connectivity index (χ4n) is 1.77. The van der Waals surface area contributed by atoms with Gasteiger partial charge in [-0.2, -0.15) is 0 Å². The second-order valence-corrected chi connectivity index (χ2v) is 5.33. The highest BCUT2D eigenvalue weighted by Gasteiger charge is 2.23. The number of carbonyl (C=O) groups is 2. The highest BCUT2D eigenvalue weighted by Crippen LogP contribution is 2.19. The molecule has 1 aliphatic rings. The van der Waals surface area contributed by atoms with Gasteiger partial charge in [-0.05, 0) is 47.2 Å². The van der Waals surface area contributed by atoms with Crippen molar-refractivity contribution in [2.45, 2.75) is 6.42 Å². The maximum atomic E-state index is 11.9. The van der Waals surface area contributed by atoms with Crippen molar-refractivity contribution in [3.8, 4) is 0 Å². The summed E-state index contributed by atoms with van der Waals surface area (Å²) in [7, 11) is 0. The third-order valence-corrected chi connectivity index (χ3v) is 3.34. The van der Waals surface area contributed by atoms with Crippen LogP contribution in [0.5, 0.6) is 0 Å². The first-order chi connectivity index (χ1) is 8.56. The number of carboxylic acid groups (broad SMARTS) is 1. The number of aromatic carboxylic acids is 1. The molecule has 1 unspecified atom stereocenters. The number of carboxylic acids is 1. The Morgan fingerprint density at radius 1 is 1.39 bits per heavy atom. The molecular formula is C12H12INO4. The van der Waals surface area contributed by atoms with Crippen molar-refractivity contribution >= 4 is 40.2 Å². The molecule has 2 N–H and O–H groups in total. The number of hydrogen-bond donors (Lipinski definition) is 2. The van der Waals surface area contributed by atoms with Gasteiger partial charge in [-0.15, -0.1) is 0 Å². The van der Waals surface area contributed by atoms with Crippen molar-refractivity contribution in [3.05, 3.63) is 27.3 Å². The van der Waals surface area contributed by atoms with Crippen molar-refractivity contribution in [1.29, 1.82) is 0 Å². The minimum atomic E-state index is -1.01. The van der Waals surface area contributed by atoms with Crippen LogP contribution >= 0.6 is 22.6 Å². The summed E-state index contributed by atoms with van der Waals surface area (Å²) in [5.74, 6) is -1.27. The van der Waals surface area contributed by atoms with E-state index < -0.39 is 5.97 Å². The van der Waals surface area contributed by atoms with E-state index in [0.29, 0.717) is 25.3 Å². The highest BCUT2D eigenvalue weighted by atomic mass is 127. The van der Waals surface area contributed by atoms with E-state index in [9.17, 15) is 9.59 Å². The standard InChI is InChI=1S/C12H12INO4/c13-9-3-8(12(16)17)4-10(5-9)14-11(15)7-1-2-18-6-7/h3-5,7H,1-2,6H2,(H,14,15)(H,16,17). The van der Waals surface area contributed by atoms with E-state index >= 15 is 0 Å². The van der Waals surface area contributed by atoms with Gasteiger partial charge in [-0.3, -0.25) is 4.79 Å². The Morgan fingerprint density at radius 3 is 2.78 bits per heavy atom. The van der Waals surface area contributed by atoms with Gasteiger partial charge < -0.3 is 15.2 Å². The summed E-state index contributed by atoms with van der Waals surface area (Å²) < 4.78 is 5.91. The van der Waals surface area contributed by atoms with Crippen LogP contribution in [0.1, 0.15) is 16.8 Å². The second-order valence-electron chi connectivity index (χ2n) is 4.08. The Morgan fingerprint density at radius 2 is 2.17 bits per heavy atom. The molecule has 1 fully saturated rings. The Bertz CT molecular complexity index is 483. The molecule has 0 aliphatic carbocycles. The van der Waals surface area contributed by atoms with Crippen LogP contribution in [0.15, 0.2) is 18.2 Å². The molecule has 1 amide bonds. The van der Waals surface area contributed by atoms with Crippen LogP contribution in [0.4, 0.5) is 5.69 Å². The van der Waals surface area contributed by atoms with Gasteiger partial charge in [-0.1, -0.05) is 0 Å². The average Bonchev–Trinajstić information content (AvgIpc) is 2.81. The first kappa shape index (κ1) is 13.3. The number of hydrogen-bond acceptors (Lipinski definition) is 3. The fourth-order valence-corrected chi connectivity index (χ4v) is 2.44. The van der Waals surface area contributed by atoms with Gasteiger partial charge in [0.15, 0.2) is 0 Å². The zero-order valence-electron chi connectivity index (χ0n) is 9.48. The molecule has 0 spiro atoms. The molecule has 0 saturated carbocycles. The molecule has 6 heteroatoms. The lowest BCUT2D eigenvalue weighted by atomic mass is 10.1. The summed E-state index contributed by atoms with van der Waals surface area (Å²) in [6.07, 6.45) is 0.710. The Balaban J connectivity index is 2.13. The molecular weight excluding hydrogens is 349 g/mol. The minimum absolute atomic E-state index is 0.120.